The Morgan fingerprint density at radius 1 is 1.29 bits per heavy atom. The zero-order valence-electron chi connectivity index (χ0n) is 12.0. The van der Waals surface area contributed by atoms with E-state index in [0.717, 1.165) is 29.4 Å². The lowest BCUT2D eigenvalue weighted by Crippen LogP contribution is -2.30. The number of ether oxygens (including phenoxy) is 1. The molecule has 0 saturated heterocycles. The molecule has 0 spiro atoms. The average molecular weight is 283 g/mol. The molecule has 3 rings (SSSR count). The van der Waals surface area contributed by atoms with E-state index in [9.17, 15) is 9.59 Å². The quantitative estimate of drug-likeness (QED) is 0.794. The van der Waals surface area contributed by atoms with Gasteiger partial charge in [-0.2, -0.15) is 0 Å². The molecule has 0 bridgehead atoms. The molecule has 4 heteroatoms. The minimum atomic E-state index is -0.585. The Morgan fingerprint density at radius 2 is 2.10 bits per heavy atom. The largest absolute Gasteiger partial charge is 0.451 e. The summed E-state index contributed by atoms with van der Waals surface area (Å²) in [5.74, 6) is -0.401. The third kappa shape index (κ3) is 2.79. The number of benzene rings is 1. The van der Waals surface area contributed by atoms with Gasteiger partial charge in [-0.05, 0) is 38.3 Å². The van der Waals surface area contributed by atoms with Gasteiger partial charge in [0.1, 0.15) is 0 Å². The van der Waals surface area contributed by atoms with Gasteiger partial charge in [0, 0.05) is 17.5 Å². The van der Waals surface area contributed by atoms with Crippen molar-refractivity contribution >= 4 is 22.7 Å². The summed E-state index contributed by atoms with van der Waals surface area (Å²) >= 11 is 0. The maximum atomic E-state index is 12.4. The number of nitrogens with zero attached hydrogens (tertiary/aromatic N) is 1. The number of carbonyl (C=O) groups excluding carboxylic acids is 2. The monoisotopic (exact) mass is 283 g/mol. The fourth-order valence-corrected chi connectivity index (χ4v) is 2.74. The van der Waals surface area contributed by atoms with Crippen molar-refractivity contribution in [2.75, 3.05) is 0 Å². The van der Waals surface area contributed by atoms with E-state index in [1.165, 1.54) is 0 Å². The smallest absolute Gasteiger partial charge is 0.339 e. The molecular formula is C17H17NO3. The first-order chi connectivity index (χ1) is 10.1. The highest BCUT2D eigenvalue weighted by Gasteiger charge is 2.27. The Kier molecular flexibility index (Phi) is 3.69. The lowest BCUT2D eigenvalue weighted by Gasteiger charge is -2.21. The summed E-state index contributed by atoms with van der Waals surface area (Å²) < 4.78 is 5.44. The first-order valence-corrected chi connectivity index (χ1v) is 7.25. The highest BCUT2D eigenvalue weighted by Crippen LogP contribution is 2.22. The van der Waals surface area contributed by atoms with Gasteiger partial charge in [0.05, 0.1) is 11.1 Å². The Balaban J connectivity index is 1.92. The fourth-order valence-electron chi connectivity index (χ4n) is 2.74. The summed E-state index contributed by atoms with van der Waals surface area (Å²) in [5, 5.41) is 0.761. The van der Waals surface area contributed by atoms with Crippen LogP contribution in [0.2, 0.25) is 0 Å². The van der Waals surface area contributed by atoms with Crippen LogP contribution in [0.1, 0.15) is 41.7 Å². The van der Waals surface area contributed by atoms with Crippen LogP contribution in [-0.4, -0.2) is 22.8 Å². The Morgan fingerprint density at radius 3 is 2.90 bits per heavy atom. The van der Waals surface area contributed by atoms with Gasteiger partial charge in [-0.25, -0.2) is 4.79 Å². The van der Waals surface area contributed by atoms with Crippen LogP contribution >= 0.6 is 0 Å². The summed E-state index contributed by atoms with van der Waals surface area (Å²) in [4.78, 5) is 28.6. The predicted octanol–water partition coefficient (Wildman–Crippen LogP) is 3.21. The van der Waals surface area contributed by atoms with E-state index in [2.05, 4.69) is 4.98 Å². The summed E-state index contributed by atoms with van der Waals surface area (Å²) in [6, 6.07) is 9.18. The van der Waals surface area contributed by atoms with Crippen molar-refractivity contribution in [2.45, 2.75) is 38.7 Å². The third-order valence-electron chi connectivity index (χ3n) is 3.81. The summed E-state index contributed by atoms with van der Waals surface area (Å²) in [7, 11) is 0. The molecular weight excluding hydrogens is 266 g/mol. The van der Waals surface area contributed by atoms with E-state index in [4.69, 9.17) is 4.74 Å². The van der Waals surface area contributed by atoms with Crippen LogP contribution in [0.3, 0.4) is 0 Å². The van der Waals surface area contributed by atoms with Crippen molar-refractivity contribution in [3.05, 3.63) is 41.6 Å². The first kappa shape index (κ1) is 13.7. The van der Waals surface area contributed by atoms with Gasteiger partial charge in [0.15, 0.2) is 11.9 Å². The first-order valence-electron chi connectivity index (χ1n) is 7.25. The van der Waals surface area contributed by atoms with E-state index in [0.29, 0.717) is 18.4 Å². The molecule has 0 radical (unpaired) electrons. The predicted molar refractivity (Wildman–Crippen MR) is 79.2 cm³/mol. The lowest BCUT2D eigenvalue weighted by molar-refractivity contribution is -0.129. The topological polar surface area (TPSA) is 56.3 Å². The number of ketones is 1. The van der Waals surface area contributed by atoms with E-state index >= 15 is 0 Å². The maximum Gasteiger partial charge on any atom is 0.339 e. The second-order valence-corrected chi connectivity index (χ2v) is 5.43. The molecule has 2 aromatic rings. The average Bonchev–Trinajstić information content (AvgIpc) is 2.48. The van der Waals surface area contributed by atoms with Gasteiger partial charge in [-0.1, -0.05) is 18.2 Å². The van der Waals surface area contributed by atoms with Crippen LogP contribution in [0, 0.1) is 6.92 Å². The van der Waals surface area contributed by atoms with Crippen molar-refractivity contribution in [1.82, 2.24) is 4.98 Å². The second kappa shape index (κ2) is 5.64. The standard InChI is InChI=1S/C17H17NO3/c1-11-10-13(12-6-2-3-7-14(12)18-11)17(20)21-16-9-5-4-8-15(16)19/h2-3,6-7,10,16H,4-5,8-9H2,1H3/t16-/m0/s1. The van der Waals surface area contributed by atoms with Crippen molar-refractivity contribution in [2.24, 2.45) is 0 Å². The molecule has 1 heterocycles. The Bertz CT molecular complexity index is 708. The molecule has 21 heavy (non-hydrogen) atoms. The summed E-state index contributed by atoms with van der Waals surface area (Å²) in [6.45, 7) is 1.84. The summed E-state index contributed by atoms with van der Waals surface area (Å²) in [6.07, 6.45) is 2.38. The number of para-hydroxylation sites is 1. The third-order valence-corrected chi connectivity index (χ3v) is 3.81. The zero-order chi connectivity index (χ0) is 14.8. The van der Waals surface area contributed by atoms with Crippen molar-refractivity contribution < 1.29 is 14.3 Å². The molecule has 4 nitrogen and oxygen atoms in total. The van der Waals surface area contributed by atoms with Gasteiger partial charge in [-0.3, -0.25) is 9.78 Å². The van der Waals surface area contributed by atoms with Gasteiger partial charge in [0.25, 0.3) is 0 Å². The number of pyridine rings is 1. The van der Waals surface area contributed by atoms with Crippen molar-refractivity contribution in [3.8, 4) is 0 Å². The molecule has 0 N–H and O–H groups in total. The Labute approximate surface area is 123 Å². The highest BCUT2D eigenvalue weighted by molar-refractivity contribution is 6.04. The van der Waals surface area contributed by atoms with Gasteiger partial charge in [-0.15, -0.1) is 0 Å². The number of aromatic nitrogens is 1. The molecule has 0 aliphatic heterocycles. The fraction of sp³-hybridized carbons (Fsp3) is 0.353. The number of hydrogen-bond acceptors (Lipinski definition) is 4. The van der Waals surface area contributed by atoms with Crippen molar-refractivity contribution in [3.63, 3.8) is 0 Å². The van der Waals surface area contributed by atoms with Gasteiger partial charge < -0.3 is 4.74 Å². The number of fused-ring (bicyclic) bond motifs is 1. The molecule has 1 saturated carbocycles. The van der Waals surface area contributed by atoms with E-state index in [1.54, 1.807) is 6.07 Å². The van der Waals surface area contributed by atoms with E-state index in [1.807, 2.05) is 31.2 Å². The normalized spacial score (nSPS) is 18.7. The molecule has 108 valence electrons. The van der Waals surface area contributed by atoms with Crippen LogP contribution in [0.4, 0.5) is 0 Å². The van der Waals surface area contributed by atoms with Gasteiger partial charge in [0.2, 0.25) is 0 Å². The number of Topliss-reactive ketones (excluding diaryl/α,β-unsaturated/α-hetero) is 1. The molecule has 1 aromatic carbocycles. The molecule has 1 fully saturated rings. The van der Waals surface area contributed by atoms with Gasteiger partial charge >= 0.3 is 5.97 Å². The molecule has 0 unspecified atom stereocenters. The van der Waals surface area contributed by atoms with Crippen LogP contribution in [0.15, 0.2) is 30.3 Å². The van der Waals surface area contributed by atoms with Crippen LogP contribution in [0.25, 0.3) is 10.9 Å². The minimum Gasteiger partial charge on any atom is -0.451 e. The van der Waals surface area contributed by atoms with Crippen LogP contribution in [-0.2, 0) is 9.53 Å². The number of aryl methyl sites for hydroxylation is 1. The molecule has 0 amide bonds. The number of rotatable bonds is 2. The summed E-state index contributed by atoms with van der Waals surface area (Å²) in [5.41, 5.74) is 2.01. The van der Waals surface area contributed by atoms with Crippen LogP contribution < -0.4 is 0 Å². The Hall–Kier alpha value is -2.23. The van der Waals surface area contributed by atoms with E-state index in [-0.39, 0.29) is 5.78 Å². The maximum absolute atomic E-state index is 12.4. The minimum absolute atomic E-state index is 0.0321. The highest BCUT2D eigenvalue weighted by atomic mass is 16.5. The van der Waals surface area contributed by atoms with Crippen LogP contribution in [0.5, 0.6) is 0 Å². The van der Waals surface area contributed by atoms with Crippen molar-refractivity contribution in [1.29, 1.82) is 0 Å². The number of hydrogen-bond donors (Lipinski definition) is 0. The molecule has 1 aromatic heterocycles. The molecule has 1 aliphatic rings. The zero-order valence-corrected chi connectivity index (χ0v) is 12.0. The SMILES string of the molecule is Cc1cc(C(=O)O[C@H]2CCCCC2=O)c2ccccc2n1. The number of esters is 1. The second-order valence-electron chi connectivity index (χ2n) is 5.43. The number of carbonyl (C=O) groups is 2. The lowest BCUT2D eigenvalue weighted by atomic mass is 9.96. The molecule has 1 aliphatic carbocycles. The van der Waals surface area contributed by atoms with E-state index < -0.39 is 12.1 Å². The molecule has 1 atom stereocenters.